The third kappa shape index (κ3) is 4.61. The Morgan fingerprint density at radius 3 is 2.83 bits per heavy atom. The Bertz CT molecular complexity index is 565. The first-order valence-corrected chi connectivity index (χ1v) is 8.30. The van der Waals surface area contributed by atoms with E-state index in [9.17, 15) is 9.59 Å². The molecule has 0 aliphatic carbocycles. The van der Waals surface area contributed by atoms with Gasteiger partial charge in [-0.2, -0.15) is 0 Å². The molecular weight excluding hydrogens is 316 g/mol. The van der Waals surface area contributed by atoms with Crippen LogP contribution >= 0.6 is 11.6 Å². The highest BCUT2D eigenvalue weighted by atomic mass is 35.5. The number of carbonyl (C=O) groups excluding carboxylic acids is 2. The van der Waals surface area contributed by atoms with Crippen molar-refractivity contribution in [3.63, 3.8) is 0 Å². The van der Waals surface area contributed by atoms with Gasteiger partial charge in [0.15, 0.2) is 0 Å². The van der Waals surface area contributed by atoms with E-state index in [1.54, 1.807) is 22.9 Å². The Kier molecular flexibility index (Phi) is 6.28. The third-order valence-electron chi connectivity index (χ3n) is 4.05. The van der Waals surface area contributed by atoms with Crippen LogP contribution < -0.4 is 4.74 Å². The maximum Gasteiger partial charge on any atom is 0.227 e. The molecule has 5 nitrogen and oxygen atoms in total. The quantitative estimate of drug-likeness (QED) is 0.717. The first kappa shape index (κ1) is 17.6. The molecular formula is C17H23ClN2O3. The standard InChI is InChI=1S/C17H23ClN2O3/c1-3-20-12-13(11-16(20)21)17(22)19(2)9-6-10-23-15-8-5-4-7-14(15)18/h4-5,7-8,13H,3,6,9-12H2,1-2H3. The molecule has 0 radical (unpaired) electrons. The molecule has 0 bridgehead atoms. The Hall–Kier alpha value is -1.75. The van der Waals surface area contributed by atoms with E-state index in [-0.39, 0.29) is 17.7 Å². The van der Waals surface area contributed by atoms with Crippen LogP contribution in [0.15, 0.2) is 24.3 Å². The molecule has 1 saturated heterocycles. The van der Waals surface area contributed by atoms with Crippen LogP contribution in [0.2, 0.25) is 5.02 Å². The smallest absolute Gasteiger partial charge is 0.227 e. The largest absolute Gasteiger partial charge is 0.492 e. The molecule has 0 aromatic heterocycles. The van der Waals surface area contributed by atoms with E-state index >= 15 is 0 Å². The number of nitrogens with zero attached hydrogens (tertiary/aromatic N) is 2. The molecule has 1 fully saturated rings. The second kappa shape index (κ2) is 8.20. The highest BCUT2D eigenvalue weighted by molar-refractivity contribution is 6.32. The molecule has 1 aromatic rings. The zero-order valence-electron chi connectivity index (χ0n) is 13.6. The number of likely N-dealkylation sites (tertiary alicyclic amines) is 1. The van der Waals surface area contributed by atoms with Gasteiger partial charge in [-0.3, -0.25) is 9.59 Å². The molecule has 1 aliphatic rings. The average molecular weight is 339 g/mol. The van der Waals surface area contributed by atoms with Crippen molar-refractivity contribution in [2.45, 2.75) is 19.8 Å². The molecule has 0 spiro atoms. The number of hydrogen-bond donors (Lipinski definition) is 0. The van der Waals surface area contributed by atoms with E-state index in [1.165, 1.54) is 0 Å². The van der Waals surface area contributed by atoms with Crippen LogP contribution in [-0.4, -0.2) is 54.9 Å². The van der Waals surface area contributed by atoms with E-state index in [1.807, 2.05) is 25.1 Å². The normalized spacial score (nSPS) is 17.4. The maximum absolute atomic E-state index is 12.4. The van der Waals surface area contributed by atoms with Gasteiger partial charge in [0, 0.05) is 33.1 Å². The monoisotopic (exact) mass is 338 g/mol. The highest BCUT2D eigenvalue weighted by Gasteiger charge is 2.34. The Balaban J connectivity index is 1.72. The zero-order valence-corrected chi connectivity index (χ0v) is 14.4. The van der Waals surface area contributed by atoms with Crippen molar-refractivity contribution in [1.82, 2.24) is 9.80 Å². The second-order valence-corrected chi connectivity index (χ2v) is 6.13. The lowest BCUT2D eigenvalue weighted by atomic mass is 10.1. The molecule has 126 valence electrons. The molecule has 1 aromatic carbocycles. The van der Waals surface area contributed by atoms with Gasteiger partial charge < -0.3 is 14.5 Å². The highest BCUT2D eigenvalue weighted by Crippen LogP contribution is 2.23. The van der Waals surface area contributed by atoms with Crippen molar-refractivity contribution < 1.29 is 14.3 Å². The van der Waals surface area contributed by atoms with Crippen molar-refractivity contribution in [3.8, 4) is 5.75 Å². The summed E-state index contributed by atoms with van der Waals surface area (Å²) < 4.78 is 5.61. The van der Waals surface area contributed by atoms with Crippen LogP contribution in [-0.2, 0) is 9.59 Å². The fraction of sp³-hybridized carbons (Fsp3) is 0.529. The number of amides is 2. The van der Waals surface area contributed by atoms with Crippen LogP contribution in [0.5, 0.6) is 5.75 Å². The number of benzene rings is 1. The zero-order chi connectivity index (χ0) is 16.8. The minimum Gasteiger partial charge on any atom is -0.492 e. The minimum absolute atomic E-state index is 0.0343. The molecule has 6 heteroatoms. The fourth-order valence-electron chi connectivity index (χ4n) is 2.71. The number of para-hydroxylation sites is 1. The van der Waals surface area contributed by atoms with Gasteiger partial charge in [-0.15, -0.1) is 0 Å². The number of hydrogen-bond acceptors (Lipinski definition) is 3. The van der Waals surface area contributed by atoms with Crippen LogP contribution in [0.1, 0.15) is 19.8 Å². The number of ether oxygens (including phenoxy) is 1. The Morgan fingerprint density at radius 1 is 1.43 bits per heavy atom. The molecule has 2 amide bonds. The lowest BCUT2D eigenvalue weighted by Crippen LogP contribution is -2.35. The molecule has 23 heavy (non-hydrogen) atoms. The summed E-state index contributed by atoms with van der Waals surface area (Å²) in [4.78, 5) is 27.5. The molecule has 0 N–H and O–H groups in total. The van der Waals surface area contributed by atoms with E-state index in [0.717, 1.165) is 0 Å². The topological polar surface area (TPSA) is 49.9 Å². The van der Waals surface area contributed by atoms with Crippen molar-refractivity contribution >= 4 is 23.4 Å². The van der Waals surface area contributed by atoms with Gasteiger partial charge in [-0.1, -0.05) is 23.7 Å². The fourth-order valence-corrected chi connectivity index (χ4v) is 2.90. The van der Waals surface area contributed by atoms with Gasteiger partial charge in [0.25, 0.3) is 0 Å². The van der Waals surface area contributed by atoms with Crippen molar-refractivity contribution in [2.75, 3.05) is 33.3 Å². The summed E-state index contributed by atoms with van der Waals surface area (Å²) in [7, 11) is 1.77. The van der Waals surface area contributed by atoms with Crippen LogP contribution in [0.4, 0.5) is 0 Å². The van der Waals surface area contributed by atoms with Gasteiger partial charge in [0.05, 0.1) is 17.5 Å². The Labute approximate surface area is 142 Å². The first-order valence-electron chi connectivity index (χ1n) is 7.93. The first-order chi connectivity index (χ1) is 11.0. The number of rotatable bonds is 7. The van der Waals surface area contributed by atoms with Crippen LogP contribution in [0.25, 0.3) is 0 Å². The molecule has 0 saturated carbocycles. The lowest BCUT2D eigenvalue weighted by Gasteiger charge is -2.21. The molecule has 2 rings (SSSR count). The molecule has 1 unspecified atom stereocenters. The molecule has 1 aliphatic heterocycles. The van der Waals surface area contributed by atoms with Crippen molar-refractivity contribution in [1.29, 1.82) is 0 Å². The predicted octanol–water partition coefficient (Wildman–Crippen LogP) is 2.44. The summed E-state index contributed by atoms with van der Waals surface area (Å²) in [5.41, 5.74) is 0. The average Bonchev–Trinajstić information content (AvgIpc) is 2.93. The van der Waals surface area contributed by atoms with E-state index < -0.39 is 0 Å². The summed E-state index contributed by atoms with van der Waals surface area (Å²) in [5.74, 6) is 0.549. The maximum atomic E-state index is 12.4. The summed E-state index contributed by atoms with van der Waals surface area (Å²) in [6.45, 7) is 4.22. The third-order valence-corrected chi connectivity index (χ3v) is 4.37. The van der Waals surface area contributed by atoms with Gasteiger partial charge in [0.2, 0.25) is 11.8 Å². The van der Waals surface area contributed by atoms with E-state index in [0.29, 0.717) is 49.9 Å². The van der Waals surface area contributed by atoms with E-state index in [4.69, 9.17) is 16.3 Å². The van der Waals surface area contributed by atoms with Crippen LogP contribution in [0.3, 0.4) is 0 Å². The van der Waals surface area contributed by atoms with E-state index in [2.05, 4.69) is 0 Å². The van der Waals surface area contributed by atoms with Crippen molar-refractivity contribution in [3.05, 3.63) is 29.3 Å². The van der Waals surface area contributed by atoms with Gasteiger partial charge in [-0.25, -0.2) is 0 Å². The summed E-state index contributed by atoms with van der Waals surface area (Å²) in [6.07, 6.45) is 1.04. The second-order valence-electron chi connectivity index (χ2n) is 5.73. The SMILES string of the molecule is CCN1CC(C(=O)N(C)CCCOc2ccccc2Cl)CC1=O. The lowest BCUT2D eigenvalue weighted by molar-refractivity contribution is -0.134. The summed E-state index contributed by atoms with van der Waals surface area (Å²) >= 11 is 6.02. The van der Waals surface area contributed by atoms with Gasteiger partial charge in [0.1, 0.15) is 5.75 Å². The van der Waals surface area contributed by atoms with Gasteiger partial charge >= 0.3 is 0 Å². The summed E-state index contributed by atoms with van der Waals surface area (Å²) in [6, 6.07) is 7.32. The van der Waals surface area contributed by atoms with Crippen LogP contribution in [0, 0.1) is 5.92 Å². The van der Waals surface area contributed by atoms with Gasteiger partial charge in [-0.05, 0) is 25.5 Å². The van der Waals surface area contributed by atoms with Crippen molar-refractivity contribution in [2.24, 2.45) is 5.92 Å². The number of carbonyl (C=O) groups is 2. The predicted molar refractivity (Wildman–Crippen MR) is 89.6 cm³/mol. The minimum atomic E-state index is -0.211. The number of halogens is 1. The Morgan fingerprint density at radius 2 is 2.17 bits per heavy atom. The molecule has 1 atom stereocenters. The molecule has 1 heterocycles. The summed E-state index contributed by atoms with van der Waals surface area (Å²) in [5, 5.41) is 0.584.